The highest BCUT2D eigenvalue weighted by Gasteiger charge is 2.31. The van der Waals surface area contributed by atoms with Crippen molar-refractivity contribution in [2.45, 2.75) is 39.0 Å². The van der Waals surface area contributed by atoms with Gasteiger partial charge < -0.3 is 10.2 Å². The lowest BCUT2D eigenvalue weighted by molar-refractivity contribution is 0.0793. The molecular formula is C21H24N2O2S. The number of rotatable bonds is 3. The minimum atomic E-state index is -0.146. The Morgan fingerprint density at radius 1 is 1.15 bits per heavy atom. The van der Waals surface area contributed by atoms with Gasteiger partial charge in [0.25, 0.3) is 11.8 Å². The summed E-state index contributed by atoms with van der Waals surface area (Å²) in [5.41, 5.74) is 2.54. The molecule has 0 saturated carbocycles. The lowest BCUT2D eigenvalue weighted by Gasteiger charge is -2.21. The molecule has 0 radical (unpaired) electrons. The first-order valence-corrected chi connectivity index (χ1v) is 10.3. The van der Waals surface area contributed by atoms with E-state index in [0.717, 1.165) is 55.8 Å². The molecule has 4 nitrogen and oxygen atoms in total. The molecule has 1 aliphatic carbocycles. The van der Waals surface area contributed by atoms with Crippen LogP contribution in [0.5, 0.6) is 0 Å². The number of amides is 2. The van der Waals surface area contributed by atoms with Gasteiger partial charge in [0.15, 0.2) is 0 Å². The van der Waals surface area contributed by atoms with Crippen LogP contribution in [0.2, 0.25) is 0 Å². The summed E-state index contributed by atoms with van der Waals surface area (Å²) in [4.78, 5) is 29.1. The molecule has 0 spiro atoms. The van der Waals surface area contributed by atoms with Crippen LogP contribution in [-0.4, -0.2) is 29.8 Å². The van der Waals surface area contributed by atoms with Crippen LogP contribution in [0.1, 0.15) is 57.3 Å². The molecule has 2 aliphatic rings. The SMILES string of the molecule is C[C@H]1CCc2c(sc(NC(=O)c3ccccc3)c2C(=O)N2CCCC2)C1. The summed E-state index contributed by atoms with van der Waals surface area (Å²) in [6.07, 6.45) is 5.18. The smallest absolute Gasteiger partial charge is 0.257 e. The largest absolute Gasteiger partial charge is 0.339 e. The predicted octanol–water partition coefficient (Wildman–Crippen LogP) is 4.36. The first-order chi connectivity index (χ1) is 12.6. The van der Waals surface area contributed by atoms with Crippen LogP contribution >= 0.6 is 11.3 Å². The van der Waals surface area contributed by atoms with E-state index >= 15 is 0 Å². The Bertz CT molecular complexity index is 822. The Morgan fingerprint density at radius 2 is 1.88 bits per heavy atom. The maximum Gasteiger partial charge on any atom is 0.257 e. The lowest BCUT2D eigenvalue weighted by atomic mass is 9.88. The quantitative estimate of drug-likeness (QED) is 0.875. The number of nitrogens with one attached hydrogen (secondary N) is 1. The molecule has 1 N–H and O–H groups in total. The van der Waals surface area contributed by atoms with Crippen LogP contribution in [0.4, 0.5) is 5.00 Å². The molecule has 1 aromatic heterocycles. The minimum Gasteiger partial charge on any atom is -0.339 e. The summed E-state index contributed by atoms with van der Waals surface area (Å²) in [6.45, 7) is 3.91. The number of carbonyl (C=O) groups excluding carboxylic acids is 2. The standard InChI is InChI=1S/C21H24N2O2S/c1-14-9-10-16-17(13-14)26-20(18(16)21(25)23-11-5-6-12-23)22-19(24)15-7-3-2-4-8-15/h2-4,7-8,14H,5-6,9-13H2,1H3,(H,22,24)/t14-/m0/s1. The summed E-state index contributed by atoms with van der Waals surface area (Å²) in [5, 5.41) is 3.77. The number of anilines is 1. The predicted molar refractivity (Wildman–Crippen MR) is 105 cm³/mol. The number of hydrogen-bond acceptors (Lipinski definition) is 3. The fourth-order valence-electron chi connectivity index (χ4n) is 3.91. The molecule has 5 heteroatoms. The number of benzene rings is 1. The van der Waals surface area contributed by atoms with Crippen molar-refractivity contribution in [2.75, 3.05) is 18.4 Å². The van der Waals surface area contributed by atoms with E-state index in [9.17, 15) is 9.59 Å². The maximum atomic E-state index is 13.2. The first kappa shape index (κ1) is 17.3. The third kappa shape index (κ3) is 3.28. The van der Waals surface area contributed by atoms with E-state index in [4.69, 9.17) is 0 Å². The van der Waals surface area contributed by atoms with E-state index in [1.54, 1.807) is 23.5 Å². The van der Waals surface area contributed by atoms with Crippen LogP contribution in [0.3, 0.4) is 0 Å². The van der Waals surface area contributed by atoms with Crippen molar-refractivity contribution in [3.63, 3.8) is 0 Å². The first-order valence-electron chi connectivity index (χ1n) is 9.43. The van der Waals surface area contributed by atoms with Crippen LogP contribution in [0.25, 0.3) is 0 Å². The van der Waals surface area contributed by atoms with Crippen LogP contribution in [0.15, 0.2) is 30.3 Å². The average Bonchev–Trinajstić information content (AvgIpc) is 3.29. The number of carbonyl (C=O) groups is 2. The van der Waals surface area contributed by atoms with Gasteiger partial charge in [-0.2, -0.15) is 0 Å². The van der Waals surface area contributed by atoms with Gasteiger partial charge in [-0.25, -0.2) is 0 Å². The Labute approximate surface area is 158 Å². The van der Waals surface area contributed by atoms with Gasteiger partial charge in [-0.1, -0.05) is 25.1 Å². The molecule has 1 aromatic carbocycles. The van der Waals surface area contributed by atoms with Crippen molar-refractivity contribution < 1.29 is 9.59 Å². The van der Waals surface area contributed by atoms with Crippen molar-refractivity contribution in [2.24, 2.45) is 5.92 Å². The van der Waals surface area contributed by atoms with Crippen LogP contribution in [-0.2, 0) is 12.8 Å². The molecule has 0 unspecified atom stereocenters. The molecule has 1 saturated heterocycles. The van der Waals surface area contributed by atoms with E-state index < -0.39 is 0 Å². The molecule has 2 aromatic rings. The molecule has 1 fully saturated rings. The van der Waals surface area contributed by atoms with E-state index in [0.29, 0.717) is 11.5 Å². The summed E-state index contributed by atoms with van der Waals surface area (Å²) in [5.74, 6) is 0.583. The summed E-state index contributed by atoms with van der Waals surface area (Å²) >= 11 is 1.60. The van der Waals surface area contributed by atoms with Gasteiger partial charge in [-0.15, -0.1) is 11.3 Å². The second kappa shape index (κ2) is 7.23. The fraction of sp³-hybridized carbons (Fsp3) is 0.429. The third-order valence-electron chi connectivity index (χ3n) is 5.38. The summed E-state index contributed by atoms with van der Waals surface area (Å²) < 4.78 is 0. The third-order valence-corrected chi connectivity index (χ3v) is 6.55. The number of thiophene rings is 1. The van der Waals surface area contributed by atoms with Gasteiger partial charge in [-0.3, -0.25) is 9.59 Å². The van der Waals surface area contributed by atoms with Gasteiger partial charge >= 0.3 is 0 Å². The van der Waals surface area contributed by atoms with Crippen molar-refractivity contribution in [3.8, 4) is 0 Å². The normalized spacial score (nSPS) is 19.3. The van der Waals surface area contributed by atoms with Crippen LogP contribution < -0.4 is 5.32 Å². The fourth-order valence-corrected chi connectivity index (χ4v) is 5.31. The number of fused-ring (bicyclic) bond motifs is 1. The average molecular weight is 369 g/mol. The molecule has 0 bridgehead atoms. The van der Waals surface area contributed by atoms with Crippen LogP contribution in [0, 0.1) is 5.92 Å². The van der Waals surface area contributed by atoms with Gasteiger partial charge in [-0.05, 0) is 55.7 Å². The Balaban J connectivity index is 1.68. The highest BCUT2D eigenvalue weighted by atomic mass is 32.1. The number of hydrogen-bond donors (Lipinski definition) is 1. The highest BCUT2D eigenvalue weighted by Crippen LogP contribution is 2.40. The van der Waals surface area contributed by atoms with Gasteiger partial charge in [0.05, 0.1) is 5.56 Å². The minimum absolute atomic E-state index is 0.0953. The zero-order chi connectivity index (χ0) is 18.1. The van der Waals surface area contributed by atoms with Crippen molar-refractivity contribution >= 4 is 28.2 Å². The lowest BCUT2D eigenvalue weighted by Crippen LogP contribution is -2.29. The molecule has 1 aliphatic heterocycles. The molecule has 4 rings (SSSR count). The zero-order valence-corrected chi connectivity index (χ0v) is 15.9. The van der Waals surface area contributed by atoms with Crippen molar-refractivity contribution in [1.82, 2.24) is 4.90 Å². The maximum absolute atomic E-state index is 13.2. The van der Waals surface area contributed by atoms with Crippen molar-refractivity contribution in [1.29, 1.82) is 0 Å². The Morgan fingerprint density at radius 3 is 2.62 bits per heavy atom. The second-order valence-corrected chi connectivity index (χ2v) is 8.48. The van der Waals surface area contributed by atoms with E-state index in [2.05, 4.69) is 12.2 Å². The summed E-state index contributed by atoms with van der Waals surface area (Å²) in [7, 11) is 0. The van der Waals surface area contributed by atoms with Crippen molar-refractivity contribution in [3.05, 3.63) is 51.9 Å². The molecule has 136 valence electrons. The van der Waals surface area contributed by atoms with E-state index in [1.807, 2.05) is 23.1 Å². The number of nitrogens with zero attached hydrogens (tertiary/aromatic N) is 1. The van der Waals surface area contributed by atoms with E-state index in [1.165, 1.54) is 10.4 Å². The zero-order valence-electron chi connectivity index (χ0n) is 15.1. The summed E-state index contributed by atoms with van der Waals surface area (Å²) in [6, 6.07) is 9.20. The van der Waals surface area contributed by atoms with E-state index in [-0.39, 0.29) is 11.8 Å². The molecular weight excluding hydrogens is 344 g/mol. The monoisotopic (exact) mass is 368 g/mol. The van der Waals surface area contributed by atoms with Gasteiger partial charge in [0.2, 0.25) is 0 Å². The Hall–Kier alpha value is -2.14. The topological polar surface area (TPSA) is 49.4 Å². The molecule has 2 heterocycles. The van der Waals surface area contributed by atoms with Gasteiger partial charge in [0.1, 0.15) is 5.00 Å². The molecule has 26 heavy (non-hydrogen) atoms. The van der Waals surface area contributed by atoms with Gasteiger partial charge in [0, 0.05) is 23.5 Å². The second-order valence-electron chi connectivity index (χ2n) is 7.38. The number of likely N-dealkylation sites (tertiary alicyclic amines) is 1. The molecule has 1 atom stereocenters. The Kier molecular flexibility index (Phi) is 4.81. The highest BCUT2D eigenvalue weighted by molar-refractivity contribution is 7.17. The molecule has 2 amide bonds.